The Morgan fingerprint density at radius 3 is 2.42 bits per heavy atom. The van der Waals surface area contributed by atoms with Gasteiger partial charge in [0.1, 0.15) is 6.04 Å². The summed E-state index contributed by atoms with van der Waals surface area (Å²) in [5, 5.41) is 8.91. The zero-order valence-electron chi connectivity index (χ0n) is 14.7. The van der Waals surface area contributed by atoms with Gasteiger partial charge in [-0.15, -0.1) is 0 Å². The van der Waals surface area contributed by atoms with E-state index in [2.05, 4.69) is 17.0 Å². The standard InChI is InChI=1S/C17H26N4O4S/c22-17(18-23)16-8-4-5-9-21(16)26(24,25)20-12-10-19(11-13-20)14-15-6-2-1-3-7-15/h1-3,6-7,16,23H,4-5,8-14H2,(H,18,22). The van der Waals surface area contributed by atoms with E-state index in [-0.39, 0.29) is 0 Å². The quantitative estimate of drug-likeness (QED) is 0.568. The second-order valence-electron chi connectivity index (χ2n) is 6.77. The number of hydrogen-bond donors (Lipinski definition) is 2. The Hall–Kier alpha value is -1.52. The van der Waals surface area contributed by atoms with Crippen molar-refractivity contribution in [2.75, 3.05) is 32.7 Å². The van der Waals surface area contributed by atoms with Crippen molar-refractivity contribution in [3.8, 4) is 0 Å². The van der Waals surface area contributed by atoms with Crippen LogP contribution in [0, 0.1) is 0 Å². The molecule has 1 aromatic carbocycles. The number of hydrogen-bond acceptors (Lipinski definition) is 5. The summed E-state index contributed by atoms with van der Waals surface area (Å²) in [5.74, 6) is -0.656. The Bertz CT molecular complexity index is 705. The molecule has 0 aromatic heterocycles. The van der Waals surface area contributed by atoms with Gasteiger partial charge in [-0.05, 0) is 18.4 Å². The molecule has 1 unspecified atom stereocenters. The minimum atomic E-state index is -3.72. The molecule has 0 radical (unpaired) electrons. The lowest BCUT2D eigenvalue weighted by molar-refractivity contribution is -0.134. The molecule has 3 rings (SSSR count). The van der Waals surface area contributed by atoms with Crippen molar-refractivity contribution in [1.29, 1.82) is 0 Å². The number of benzene rings is 1. The smallest absolute Gasteiger partial charge is 0.282 e. The van der Waals surface area contributed by atoms with Crippen LogP contribution in [0.3, 0.4) is 0 Å². The molecular weight excluding hydrogens is 356 g/mol. The molecule has 2 heterocycles. The number of carbonyl (C=O) groups is 1. The topological polar surface area (TPSA) is 93.2 Å². The molecule has 0 aliphatic carbocycles. The molecule has 2 N–H and O–H groups in total. The van der Waals surface area contributed by atoms with E-state index >= 15 is 0 Å². The number of piperazine rings is 1. The molecule has 8 nitrogen and oxygen atoms in total. The first-order valence-electron chi connectivity index (χ1n) is 8.99. The minimum Gasteiger partial charge on any atom is -0.296 e. The van der Waals surface area contributed by atoms with Crippen molar-refractivity contribution in [1.82, 2.24) is 19.0 Å². The van der Waals surface area contributed by atoms with Crippen molar-refractivity contribution in [3.63, 3.8) is 0 Å². The van der Waals surface area contributed by atoms with E-state index in [1.807, 2.05) is 18.2 Å². The SMILES string of the molecule is O=C(NO)C1CCCCN1S(=O)(=O)N1CCN(Cc2ccccc2)CC1. The highest BCUT2D eigenvalue weighted by molar-refractivity contribution is 7.86. The summed E-state index contributed by atoms with van der Waals surface area (Å²) in [6.45, 7) is 3.22. The van der Waals surface area contributed by atoms with Crippen LogP contribution >= 0.6 is 0 Å². The number of hydroxylamine groups is 1. The van der Waals surface area contributed by atoms with Gasteiger partial charge < -0.3 is 0 Å². The van der Waals surface area contributed by atoms with Gasteiger partial charge in [0.05, 0.1) is 0 Å². The van der Waals surface area contributed by atoms with E-state index in [1.165, 1.54) is 14.2 Å². The first-order valence-corrected chi connectivity index (χ1v) is 10.4. The highest BCUT2D eigenvalue weighted by Crippen LogP contribution is 2.24. The van der Waals surface area contributed by atoms with Crippen LogP contribution in [-0.4, -0.2) is 71.8 Å². The van der Waals surface area contributed by atoms with Crippen molar-refractivity contribution in [3.05, 3.63) is 35.9 Å². The van der Waals surface area contributed by atoms with Crippen LogP contribution in [0.2, 0.25) is 0 Å². The van der Waals surface area contributed by atoms with Gasteiger partial charge in [-0.2, -0.15) is 17.0 Å². The van der Waals surface area contributed by atoms with Crippen molar-refractivity contribution < 1.29 is 18.4 Å². The van der Waals surface area contributed by atoms with E-state index in [1.54, 1.807) is 5.48 Å². The predicted molar refractivity (Wildman–Crippen MR) is 96.5 cm³/mol. The maximum atomic E-state index is 13.0. The summed E-state index contributed by atoms with van der Waals surface area (Å²) in [5.41, 5.74) is 2.81. The van der Waals surface area contributed by atoms with Crippen LogP contribution in [0.5, 0.6) is 0 Å². The number of nitrogens with one attached hydrogen (secondary N) is 1. The average molecular weight is 382 g/mol. The van der Waals surface area contributed by atoms with Gasteiger partial charge in [-0.1, -0.05) is 36.8 Å². The molecule has 26 heavy (non-hydrogen) atoms. The Kier molecular flexibility index (Phi) is 6.25. The fourth-order valence-corrected chi connectivity index (χ4v) is 5.43. The van der Waals surface area contributed by atoms with Gasteiger partial charge in [-0.25, -0.2) is 5.48 Å². The largest absolute Gasteiger partial charge is 0.296 e. The van der Waals surface area contributed by atoms with Gasteiger partial charge in [0, 0.05) is 39.3 Å². The lowest BCUT2D eigenvalue weighted by Gasteiger charge is -2.40. The molecule has 1 amide bonds. The van der Waals surface area contributed by atoms with Gasteiger partial charge in [0.2, 0.25) is 0 Å². The number of nitrogens with zero attached hydrogens (tertiary/aromatic N) is 3. The summed E-state index contributed by atoms with van der Waals surface area (Å²) in [6.07, 6.45) is 1.93. The van der Waals surface area contributed by atoms with Crippen LogP contribution in [0.4, 0.5) is 0 Å². The van der Waals surface area contributed by atoms with E-state index in [0.717, 1.165) is 19.4 Å². The number of amides is 1. The Morgan fingerprint density at radius 1 is 1.08 bits per heavy atom. The molecule has 2 saturated heterocycles. The highest BCUT2D eigenvalue weighted by Gasteiger charge is 2.40. The van der Waals surface area contributed by atoms with Gasteiger partial charge in [0.15, 0.2) is 0 Å². The second-order valence-corrected chi connectivity index (χ2v) is 8.65. The number of piperidine rings is 1. The van der Waals surface area contributed by atoms with E-state index in [4.69, 9.17) is 5.21 Å². The highest BCUT2D eigenvalue weighted by atomic mass is 32.2. The molecule has 1 atom stereocenters. The molecular formula is C17H26N4O4S. The zero-order valence-corrected chi connectivity index (χ0v) is 15.6. The Labute approximate surface area is 154 Å². The molecule has 0 saturated carbocycles. The maximum Gasteiger partial charge on any atom is 0.282 e. The first-order chi connectivity index (χ1) is 12.5. The van der Waals surface area contributed by atoms with E-state index in [9.17, 15) is 13.2 Å². The molecule has 2 aliphatic heterocycles. The molecule has 0 spiro atoms. The fraction of sp³-hybridized carbons (Fsp3) is 0.588. The molecule has 144 valence electrons. The zero-order chi connectivity index (χ0) is 18.6. The molecule has 1 aromatic rings. The summed E-state index contributed by atoms with van der Waals surface area (Å²) in [4.78, 5) is 14.1. The molecule has 2 aliphatic rings. The van der Waals surface area contributed by atoms with E-state index < -0.39 is 22.2 Å². The van der Waals surface area contributed by atoms with Gasteiger partial charge in [-0.3, -0.25) is 14.9 Å². The van der Waals surface area contributed by atoms with Crippen LogP contribution in [0.1, 0.15) is 24.8 Å². The molecule has 0 bridgehead atoms. The van der Waals surface area contributed by atoms with E-state index in [0.29, 0.717) is 39.1 Å². The van der Waals surface area contributed by atoms with Crippen molar-refractivity contribution >= 4 is 16.1 Å². The van der Waals surface area contributed by atoms with Crippen LogP contribution in [-0.2, 0) is 21.5 Å². The maximum absolute atomic E-state index is 13.0. The Morgan fingerprint density at radius 2 is 1.77 bits per heavy atom. The third kappa shape index (κ3) is 4.24. The second kappa shape index (κ2) is 8.45. The van der Waals surface area contributed by atoms with Gasteiger partial charge in [0.25, 0.3) is 16.1 Å². The van der Waals surface area contributed by atoms with Crippen molar-refractivity contribution in [2.24, 2.45) is 0 Å². The average Bonchev–Trinajstić information content (AvgIpc) is 2.68. The fourth-order valence-electron chi connectivity index (χ4n) is 3.63. The summed E-state index contributed by atoms with van der Waals surface area (Å²) in [7, 11) is -3.72. The van der Waals surface area contributed by atoms with Crippen LogP contribution in [0.25, 0.3) is 0 Å². The third-order valence-electron chi connectivity index (χ3n) is 5.07. The number of rotatable bonds is 5. The predicted octanol–water partition coefficient (Wildman–Crippen LogP) is 0.409. The summed E-state index contributed by atoms with van der Waals surface area (Å²) < 4.78 is 28.7. The number of carbonyl (C=O) groups excluding carboxylic acids is 1. The molecule has 9 heteroatoms. The summed E-state index contributed by atoms with van der Waals surface area (Å²) >= 11 is 0. The van der Waals surface area contributed by atoms with Crippen LogP contribution < -0.4 is 5.48 Å². The van der Waals surface area contributed by atoms with Gasteiger partial charge >= 0.3 is 0 Å². The van der Waals surface area contributed by atoms with Crippen LogP contribution in [0.15, 0.2) is 30.3 Å². The normalized spacial score (nSPS) is 23.7. The Balaban J connectivity index is 1.62. The monoisotopic (exact) mass is 382 g/mol. The molecule has 2 fully saturated rings. The summed E-state index contributed by atoms with van der Waals surface area (Å²) in [6, 6.07) is 9.27. The lowest BCUT2D eigenvalue weighted by Crippen LogP contribution is -2.58. The minimum absolute atomic E-state index is 0.310. The lowest BCUT2D eigenvalue weighted by atomic mass is 10.0. The van der Waals surface area contributed by atoms with Crippen molar-refractivity contribution in [2.45, 2.75) is 31.8 Å². The first kappa shape index (κ1) is 19.2. The third-order valence-corrected chi connectivity index (χ3v) is 7.12.